The fourth-order valence-corrected chi connectivity index (χ4v) is 3.37. The zero-order valence-electron chi connectivity index (χ0n) is 13.6. The van der Waals surface area contributed by atoms with E-state index in [2.05, 4.69) is 14.9 Å². The Labute approximate surface area is 137 Å². The molecule has 1 N–H and O–H groups in total. The van der Waals surface area contributed by atoms with Gasteiger partial charge in [0.05, 0.1) is 13.7 Å². The van der Waals surface area contributed by atoms with Gasteiger partial charge < -0.3 is 9.84 Å². The van der Waals surface area contributed by atoms with Crippen molar-refractivity contribution in [2.45, 2.75) is 38.0 Å². The molecule has 0 spiro atoms. The Kier molecular flexibility index (Phi) is 4.59. The van der Waals surface area contributed by atoms with E-state index in [0.717, 1.165) is 36.5 Å². The quantitative estimate of drug-likeness (QED) is 0.918. The molecule has 23 heavy (non-hydrogen) atoms. The van der Waals surface area contributed by atoms with Crippen LogP contribution in [0.4, 0.5) is 0 Å². The lowest BCUT2D eigenvalue weighted by Gasteiger charge is -2.36. The van der Waals surface area contributed by atoms with Crippen molar-refractivity contribution in [1.82, 2.24) is 14.9 Å². The van der Waals surface area contributed by atoms with E-state index >= 15 is 0 Å². The molecular formula is C18H23N3O2. The van der Waals surface area contributed by atoms with Gasteiger partial charge in [0, 0.05) is 18.4 Å². The molecule has 0 aliphatic carbocycles. The number of rotatable bonds is 5. The minimum Gasteiger partial charge on any atom is -0.497 e. The smallest absolute Gasteiger partial charge is 0.142 e. The third kappa shape index (κ3) is 3.35. The van der Waals surface area contributed by atoms with Crippen molar-refractivity contribution in [3.8, 4) is 5.75 Å². The fraction of sp³-hybridized carbons (Fsp3) is 0.444. The Bertz CT molecular complexity index is 628. The Morgan fingerprint density at radius 1 is 1.26 bits per heavy atom. The Morgan fingerprint density at radius 3 is 2.61 bits per heavy atom. The van der Waals surface area contributed by atoms with Crippen LogP contribution in [-0.2, 0) is 12.1 Å². The summed E-state index contributed by atoms with van der Waals surface area (Å²) in [6, 6.07) is 9.54. The molecule has 1 aromatic heterocycles. The van der Waals surface area contributed by atoms with Gasteiger partial charge >= 0.3 is 0 Å². The zero-order valence-corrected chi connectivity index (χ0v) is 13.6. The van der Waals surface area contributed by atoms with E-state index in [1.165, 1.54) is 0 Å². The molecule has 1 saturated heterocycles. The first kappa shape index (κ1) is 15.9. The van der Waals surface area contributed by atoms with Crippen LogP contribution in [0.25, 0.3) is 0 Å². The second-order valence-corrected chi connectivity index (χ2v) is 6.17. The minimum absolute atomic E-state index is 0.0553. The Morgan fingerprint density at radius 2 is 1.96 bits per heavy atom. The number of nitrogens with zero attached hydrogens (tertiary/aromatic N) is 3. The summed E-state index contributed by atoms with van der Waals surface area (Å²) in [5.74, 6) is 1.59. The molecule has 0 unspecified atom stereocenters. The monoisotopic (exact) mass is 313 g/mol. The molecule has 1 fully saturated rings. The van der Waals surface area contributed by atoms with Gasteiger partial charge in [0.15, 0.2) is 0 Å². The van der Waals surface area contributed by atoms with Gasteiger partial charge in [-0.05, 0) is 50.1 Å². The van der Waals surface area contributed by atoms with Crippen LogP contribution in [0.2, 0.25) is 0 Å². The van der Waals surface area contributed by atoms with Crippen LogP contribution in [-0.4, -0.2) is 39.7 Å². The first-order chi connectivity index (χ1) is 11.1. The Hall–Kier alpha value is -1.98. The molecule has 1 aliphatic rings. The predicted molar refractivity (Wildman–Crippen MR) is 88.0 cm³/mol. The topological polar surface area (TPSA) is 58.5 Å². The van der Waals surface area contributed by atoms with Crippen molar-refractivity contribution in [3.05, 3.63) is 54.1 Å². The fourth-order valence-electron chi connectivity index (χ4n) is 3.37. The molecular weight excluding hydrogens is 290 g/mol. The number of aliphatic hydroxyl groups is 1. The molecule has 2 aromatic rings. The summed E-state index contributed by atoms with van der Waals surface area (Å²) in [6.45, 7) is 3.51. The third-order valence-electron chi connectivity index (χ3n) is 4.65. The van der Waals surface area contributed by atoms with E-state index in [-0.39, 0.29) is 6.04 Å². The van der Waals surface area contributed by atoms with Crippen LogP contribution in [0.5, 0.6) is 5.75 Å². The van der Waals surface area contributed by atoms with Gasteiger partial charge in [-0.2, -0.15) is 0 Å². The van der Waals surface area contributed by atoms with Crippen LogP contribution in [0.3, 0.4) is 0 Å². The number of ether oxygens (including phenoxy) is 1. The normalized spacial score (nSPS) is 21.1. The molecule has 2 atom stereocenters. The maximum atomic E-state index is 11.2. The highest BCUT2D eigenvalue weighted by atomic mass is 16.5. The number of methoxy groups -OCH3 is 1. The molecule has 0 radical (unpaired) electrons. The molecule has 1 aromatic carbocycles. The molecule has 0 saturated carbocycles. The van der Waals surface area contributed by atoms with Crippen molar-refractivity contribution in [1.29, 1.82) is 0 Å². The number of aromatic nitrogens is 2. The third-order valence-corrected chi connectivity index (χ3v) is 4.65. The average molecular weight is 313 g/mol. The molecule has 5 heteroatoms. The highest BCUT2D eigenvalue weighted by Gasteiger charge is 2.40. The van der Waals surface area contributed by atoms with Crippen LogP contribution in [0.1, 0.15) is 31.2 Å². The van der Waals surface area contributed by atoms with Crippen LogP contribution in [0, 0.1) is 0 Å². The largest absolute Gasteiger partial charge is 0.497 e. The number of hydrogen-bond acceptors (Lipinski definition) is 5. The standard InChI is InChI=1S/C18H23N3O2/c1-18(22,14-6-8-15(23-2)9-7-14)16-5-3-12-21(16)13-17-19-10-4-11-20-17/h4,6-11,16,22H,3,5,12-13H2,1-2H3/t16-,18+/m0/s1. The Balaban J connectivity index is 1.79. The van der Waals surface area contributed by atoms with Crippen molar-refractivity contribution < 1.29 is 9.84 Å². The summed E-state index contributed by atoms with van der Waals surface area (Å²) in [5.41, 5.74) is -0.0124. The van der Waals surface area contributed by atoms with Crippen molar-refractivity contribution >= 4 is 0 Å². The summed E-state index contributed by atoms with van der Waals surface area (Å²) in [5, 5.41) is 11.2. The molecule has 0 amide bonds. The SMILES string of the molecule is COc1ccc([C@@](C)(O)[C@@H]2CCCN2Cc2ncccn2)cc1. The molecule has 2 heterocycles. The van der Waals surface area contributed by atoms with Crippen molar-refractivity contribution in [2.75, 3.05) is 13.7 Å². The van der Waals surface area contributed by atoms with Gasteiger partial charge in [0.1, 0.15) is 17.2 Å². The minimum atomic E-state index is -0.919. The van der Waals surface area contributed by atoms with Crippen LogP contribution >= 0.6 is 0 Å². The predicted octanol–water partition coefficient (Wildman–Crippen LogP) is 2.36. The summed E-state index contributed by atoms with van der Waals surface area (Å²) >= 11 is 0. The zero-order chi connectivity index (χ0) is 16.3. The van der Waals surface area contributed by atoms with E-state index < -0.39 is 5.60 Å². The van der Waals surface area contributed by atoms with E-state index in [4.69, 9.17) is 4.74 Å². The lowest BCUT2D eigenvalue weighted by molar-refractivity contribution is -0.0261. The summed E-state index contributed by atoms with van der Waals surface area (Å²) in [4.78, 5) is 10.9. The highest BCUT2D eigenvalue weighted by molar-refractivity contribution is 5.31. The van der Waals surface area contributed by atoms with E-state index in [1.807, 2.05) is 37.3 Å². The van der Waals surface area contributed by atoms with Crippen molar-refractivity contribution in [3.63, 3.8) is 0 Å². The summed E-state index contributed by atoms with van der Waals surface area (Å²) in [6.07, 6.45) is 5.56. The van der Waals surface area contributed by atoms with Crippen LogP contribution in [0.15, 0.2) is 42.7 Å². The van der Waals surface area contributed by atoms with Gasteiger partial charge in [-0.15, -0.1) is 0 Å². The average Bonchev–Trinajstić information content (AvgIpc) is 3.05. The van der Waals surface area contributed by atoms with Gasteiger partial charge in [0.25, 0.3) is 0 Å². The maximum Gasteiger partial charge on any atom is 0.142 e. The molecule has 3 rings (SSSR count). The highest BCUT2D eigenvalue weighted by Crippen LogP contribution is 2.35. The number of likely N-dealkylation sites (tertiary alicyclic amines) is 1. The first-order valence-electron chi connectivity index (χ1n) is 7.98. The van der Waals surface area contributed by atoms with Crippen molar-refractivity contribution in [2.24, 2.45) is 0 Å². The first-order valence-corrected chi connectivity index (χ1v) is 7.98. The van der Waals surface area contributed by atoms with Gasteiger partial charge in [-0.25, -0.2) is 9.97 Å². The second-order valence-electron chi connectivity index (χ2n) is 6.17. The van der Waals surface area contributed by atoms with E-state index in [0.29, 0.717) is 6.54 Å². The summed E-state index contributed by atoms with van der Waals surface area (Å²) < 4.78 is 5.20. The molecule has 122 valence electrons. The van der Waals surface area contributed by atoms with Gasteiger partial charge in [-0.1, -0.05) is 12.1 Å². The van der Waals surface area contributed by atoms with Gasteiger partial charge in [-0.3, -0.25) is 4.90 Å². The number of hydrogen-bond donors (Lipinski definition) is 1. The maximum absolute atomic E-state index is 11.2. The van der Waals surface area contributed by atoms with E-state index in [1.54, 1.807) is 19.5 Å². The van der Waals surface area contributed by atoms with Crippen LogP contribution < -0.4 is 4.74 Å². The van der Waals surface area contributed by atoms with Gasteiger partial charge in [0.2, 0.25) is 0 Å². The summed E-state index contributed by atoms with van der Waals surface area (Å²) in [7, 11) is 1.64. The second kappa shape index (κ2) is 6.64. The molecule has 1 aliphatic heterocycles. The van der Waals surface area contributed by atoms with E-state index in [9.17, 15) is 5.11 Å². The molecule has 5 nitrogen and oxygen atoms in total. The lowest BCUT2D eigenvalue weighted by Crippen LogP contribution is -2.45. The lowest BCUT2D eigenvalue weighted by atomic mass is 9.86. The number of benzene rings is 1. The molecule has 0 bridgehead atoms.